The Labute approximate surface area is 125 Å². The maximum Gasteiger partial charge on any atom is 0.0640 e. The molecule has 1 aromatic rings. The van der Waals surface area contributed by atoms with Gasteiger partial charge in [-0.1, -0.05) is 42.3 Å². The predicted octanol–water partition coefficient (Wildman–Crippen LogP) is 4.26. The number of likely N-dealkylation sites (tertiary alicyclic amines) is 1. The van der Waals surface area contributed by atoms with Crippen LogP contribution in [0.3, 0.4) is 0 Å². The lowest BCUT2D eigenvalue weighted by Gasteiger charge is -2.25. The van der Waals surface area contributed by atoms with Gasteiger partial charge in [-0.3, -0.25) is 0 Å². The Kier molecular flexibility index (Phi) is 5.52. The highest BCUT2D eigenvalue weighted by atomic mass is 35.5. The van der Waals surface area contributed by atoms with Crippen LogP contribution < -0.4 is 5.73 Å². The number of halogens is 2. The van der Waals surface area contributed by atoms with Crippen LogP contribution in [0, 0.1) is 0 Å². The van der Waals surface area contributed by atoms with Crippen LogP contribution in [0.15, 0.2) is 18.2 Å². The molecule has 0 saturated carbocycles. The minimum absolute atomic E-state index is 0.0377. The van der Waals surface area contributed by atoms with Crippen molar-refractivity contribution >= 4 is 23.2 Å². The zero-order valence-electron chi connectivity index (χ0n) is 11.4. The molecule has 1 saturated heterocycles. The van der Waals surface area contributed by atoms with E-state index >= 15 is 0 Å². The summed E-state index contributed by atoms with van der Waals surface area (Å²) < 4.78 is 0. The molecule has 106 valence electrons. The Bertz CT molecular complexity index is 423. The minimum atomic E-state index is -0.0377. The van der Waals surface area contributed by atoms with Crippen LogP contribution >= 0.6 is 23.2 Å². The van der Waals surface area contributed by atoms with Crippen molar-refractivity contribution in [1.29, 1.82) is 0 Å². The molecule has 19 heavy (non-hydrogen) atoms. The summed E-state index contributed by atoms with van der Waals surface area (Å²) >= 11 is 12.2. The molecule has 1 heterocycles. The molecule has 2 atom stereocenters. The van der Waals surface area contributed by atoms with E-state index in [2.05, 4.69) is 11.8 Å². The second-order valence-electron chi connectivity index (χ2n) is 5.28. The Morgan fingerprint density at radius 3 is 2.95 bits per heavy atom. The average molecular weight is 301 g/mol. The van der Waals surface area contributed by atoms with Gasteiger partial charge in [0.25, 0.3) is 0 Å². The Morgan fingerprint density at radius 2 is 2.21 bits per heavy atom. The maximum absolute atomic E-state index is 6.26. The van der Waals surface area contributed by atoms with Gasteiger partial charge in [0, 0.05) is 18.6 Å². The monoisotopic (exact) mass is 300 g/mol. The van der Waals surface area contributed by atoms with Crippen molar-refractivity contribution in [2.75, 3.05) is 13.1 Å². The summed E-state index contributed by atoms with van der Waals surface area (Å²) in [6, 6.07) is 6.38. The molecule has 1 aromatic carbocycles. The van der Waals surface area contributed by atoms with Gasteiger partial charge in [-0.25, -0.2) is 0 Å². The van der Waals surface area contributed by atoms with Crippen molar-refractivity contribution in [3.63, 3.8) is 0 Å². The van der Waals surface area contributed by atoms with Gasteiger partial charge < -0.3 is 10.6 Å². The second-order valence-corrected chi connectivity index (χ2v) is 6.06. The molecule has 4 heteroatoms. The zero-order valence-corrected chi connectivity index (χ0v) is 12.9. The fourth-order valence-corrected chi connectivity index (χ4v) is 3.37. The molecule has 0 aliphatic carbocycles. The first-order valence-electron chi connectivity index (χ1n) is 7.07. The average Bonchev–Trinajstić information content (AvgIpc) is 2.86. The largest absolute Gasteiger partial charge is 0.324 e. The van der Waals surface area contributed by atoms with Crippen LogP contribution in [-0.2, 0) is 0 Å². The van der Waals surface area contributed by atoms with Crippen molar-refractivity contribution in [3.8, 4) is 0 Å². The molecule has 2 N–H and O–H groups in total. The van der Waals surface area contributed by atoms with E-state index in [-0.39, 0.29) is 6.04 Å². The molecule has 1 aliphatic heterocycles. The Balaban J connectivity index is 1.94. The topological polar surface area (TPSA) is 29.3 Å². The number of rotatable bonds is 5. The van der Waals surface area contributed by atoms with Crippen molar-refractivity contribution in [2.45, 2.75) is 44.7 Å². The van der Waals surface area contributed by atoms with Gasteiger partial charge in [0.05, 0.1) is 10.0 Å². The molecule has 1 fully saturated rings. The first-order chi connectivity index (χ1) is 9.13. The maximum atomic E-state index is 6.26. The van der Waals surface area contributed by atoms with Gasteiger partial charge in [0.15, 0.2) is 0 Å². The summed E-state index contributed by atoms with van der Waals surface area (Å²) in [6.45, 7) is 4.51. The summed E-state index contributed by atoms with van der Waals surface area (Å²) in [6.07, 6.45) is 4.79. The van der Waals surface area contributed by atoms with Gasteiger partial charge in [-0.15, -0.1) is 0 Å². The first kappa shape index (κ1) is 15.1. The molecule has 2 nitrogen and oxygen atoms in total. The van der Waals surface area contributed by atoms with Crippen LogP contribution in [0.4, 0.5) is 0 Å². The summed E-state index contributed by atoms with van der Waals surface area (Å²) in [5.41, 5.74) is 7.22. The first-order valence-corrected chi connectivity index (χ1v) is 7.82. The molecule has 0 aromatic heterocycles. The van der Waals surface area contributed by atoms with Crippen LogP contribution in [0.2, 0.25) is 10.0 Å². The molecular weight excluding hydrogens is 279 g/mol. The van der Waals surface area contributed by atoms with Crippen LogP contribution in [0.25, 0.3) is 0 Å². The van der Waals surface area contributed by atoms with Crippen LogP contribution in [0.1, 0.15) is 44.2 Å². The highest BCUT2D eigenvalue weighted by Crippen LogP contribution is 2.31. The molecule has 0 bridgehead atoms. The smallest absolute Gasteiger partial charge is 0.0640 e. The highest BCUT2D eigenvalue weighted by molar-refractivity contribution is 6.42. The molecule has 0 amide bonds. The van der Waals surface area contributed by atoms with E-state index in [0.717, 1.165) is 24.6 Å². The van der Waals surface area contributed by atoms with E-state index in [1.54, 1.807) is 6.07 Å². The van der Waals surface area contributed by atoms with Crippen LogP contribution in [-0.4, -0.2) is 24.0 Å². The van der Waals surface area contributed by atoms with Crippen molar-refractivity contribution in [2.24, 2.45) is 5.73 Å². The van der Waals surface area contributed by atoms with Crippen molar-refractivity contribution < 1.29 is 0 Å². The van der Waals surface area contributed by atoms with Gasteiger partial charge in [-0.05, 0) is 43.9 Å². The number of nitrogens with two attached hydrogens (primary N) is 1. The van der Waals surface area contributed by atoms with E-state index in [1.165, 1.54) is 25.8 Å². The second kappa shape index (κ2) is 6.94. The van der Waals surface area contributed by atoms with E-state index in [1.807, 2.05) is 12.1 Å². The molecular formula is C15H22Cl2N2. The number of hydrogen-bond donors (Lipinski definition) is 1. The van der Waals surface area contributed by atoms with Crippen molar-refractivity contribution in [1.82, 2.24) is 4.90 Å². The van der Waals surface area contributed by atoms with E-state index < -0.39 is 0 Å². The summed E-state index contributed by atoms with van der Waals surface area (Å²) in [4.78, 5) is 2.55. The standard InChI is InChI=1S/C15H22Cl2N2/c1-2-11-5-4-9-19(11)10-8-14(18)12-6-3-7-13(16)15(12)17/h3,6-7,11,14H,2,4-5,8-10,18H2,1H3. The van der Waals surface area contributed by atoms with Crippen molar-refractivity contribution in [3.05, 3.63) is 33.8 Å². The lowest BCUT2D eigenvalue weighted by molar-refractivity contribution is 0.239. The quantitative estimate of drug-likeness (QED) is 0.880. The number of nitrogens with zero attached hydrogens (tertiary/aromatic N) is 1. The molecule has 2 unspecified atom stereocenters. The summed E-state index contributed by atoms with van der Waals surface area (Å²) in [5, 5.41) is 1.19. The molecule has 1 aliphatic rings. The third kappa shape index (κ3) is 3.63. The van der Waals surface area contributed by atoms with Gasteiger partial charge in [0.1, 0.15) is 0 Å². The third-order valence-electron chi connectivity index (χ3n) is 4.08. The highest BCUT2D eigenvalue weighted by Gasteiger charge is 2.23. The molecule has 2 rings (SSSR count). The van der Waals surface area contributed by atoms with Gasteiger partial charge in [-0.2, -0.15) is 0 Å². The minimum Gasteiger partial charge on any atom is -0.324 e. The summed E-state index contributed by atoms with van der Waals surface area (Å²) in [7, 11) is 0. The SMILES string of the molecule is CCC1CCCN1CCC(N)c1cccc(Cl)c1Cl. The fourth-order valence-electron chi connectivity index (χ4n) is 2.92. The summed E-state index contributed by atoms with van der Waals surface area (Å²) in [5.74, 6) is 0. The number of benzene rings is 1. The normalized spacial score (nSPS) is 21.8. The Hall–Kier alpha value is -0.280. The van der Waals surface area contributed by atoms with Gasteiger partial charge in [0.2, 0.25) is 0 Å². The van der Waals surface area contributed by atoms with E-state index in [4.69, 9.17) is 28.9 Å². The van der Waals surface area contributed by atoms with E-state index in [9.17, 15) is 0 Å². The Morgan fingerprint density at radius 1 is 1.42 bits per heavy atom. The molecule has 0 spiro atoms. The fraction of sp³-hybridized carbons (Fsp3) is 0.600. The third-order valence-corrected chi connectivity index (χ3v) is 4.91. The molecule has 0 radical (unpaired) electrons. The van der Waals surface area contributed by atoms with E-state index in [0.29, 0.717) is 10.0 Å². The number of hydrogen-bond acceptors (Lipinski definition) is 2. The zero-order chi connectivity index (χ0) is 13.8. The predicted molar refractivity (Wildman–Crippen MR) is 82.9 cm³/mol. The lowest BCUT2D eigenvalue weighted by Crippen LogP contribution is -2.31. The van der Waals surface area contributed by atoms with Gasteiger partial charge >= 0.3 is 0 Å². The lowest BCUT2D eigenvalue weighted by atomic mass is 10.0. The van der Waals surface area contributed by atoms with Crippen LogP contribution in [0.5, 0.6) is 0 Å².